The molecule has 0 aliphatic heterocycles. The molecule has 0 fully saturated rings. The van der Waals surface area contributed by atoms with Crippen molar-refractivity contribution in [3.8, 4) is 0 Å². The standard InChI is InChI=1S/C16H20FN3OS/c1-20(2)15(13-7-8-22-11-13)10-19-16(21)18-9-12-3-5-14(17)6-4-12/h3-8,11,15H,9-10H2,1-2H3,(H2,18,19,21)/t15-/m1/s1. The molecule has 0 radical (unpaired) electrons. The molecule has 2 N–H and O–H groups in total. The third-order valence-corrected chi connectivity index (χ3v) is 4.08. The number of benzene rings is 1. The Hall–Kier alpha value is -1.92. The van der Waals surface area contributed by atoms with Gasteiger partial charge in [-0.15, -0.1) is 0 Å². The van der Waals surface area contributed by atoms with Gasteiger partial charge in [0.2, 0.25) is 0 Å². The molecule has 0 unspecified atom stereocenters. The Bertz CT molecular complexity index is 584. The number of likely N-dealkylation sites (N-methyl/N-ethyl adjacent to an activating group) is 1. The number of halogens is 1. The Morgan fingerprint density at radius 1 is 1.23 bits per heavy atom. The summed E-state index contributed by atoms with van der Waals surface area (Å²) in [4.78, 5) is 13.9. The summed E-state index contributed by atoms with van der Waals surface area (Å²) < 4.78 is 12.8. The molecule has 0 saturated carbocycles. The molecule has 1 atom stereocenters. The fraction of sp³-hybridized carbons (Fsp3) is 0.312. The Kier molecular flexibility index (Phi) is 5.91. The number of nitrogens with zero attached hydrogens (tertiary/aromatic N) is 1. The van der Waals surface area contributed by atoms with E-state index in [1.54, 1.807) is 23.5 Å². The van der Waals surface area contributed by atoms with Crippen LogP contribution in [0.25, 0.3) is 0 Å². The van der Waals surface area contributed by atoms with E-state index in [0.29, 0.717) is 13.1 Å². The normalized spacial score (nSPS) is 12.2. The zero-order valence-corrected chi connectivity index (χ0v) is 13.5. The van der Waals surface area contributed by atoms with Gasteiger partial charge in [0.1, 0.15) is 5.82 Å². The maximum absolute atomic E-state index is 12.8. The van der Waals surface area contributed by atoms with Crippen molar-refractivity contribution in [2.24, 2.45) is 0 Å². The van der Waals surface area contributed by atoms with Gasteiger partial charge in [-0.1, -0.05) is 12.1 Å². The van der Waals surface area contributed by atoms with Gasteiger partial charge in [0.15, 0.2) is 0 Å². The lowest BCUT2D eigenvalue weighted by atomic mass is 10.1. The fourth-order valence-electron chi connectivity index (χ4n) is 2.10. The molecule has 1 heterocycles. The quantitative estimate of drug-likeness (QED) is 0.859. The highest BCUT2D eigenvalue weighted by Gasteiger charge is 2.15. The molecule has 22 heavy (non-hydrogen) atoms. The molecule has 2 amide bonds. The monoisotopic (exact) mass is 321 g/mol. The summed E-state index contributed by atoms with van der Waals surface area (Å²) >= 11 is 1.64. The number of hydrogen-bond donors (Lipinski definition) is 2. The zero-order valence-electron chi connectivity index (χ0n) is 12.7. The van der Waals surface area contributed by atoms with Crippen LogP contribution in [0.2, 0.25) is 0 Å². The molecule has 2 aromatic rings. The highest BCUT2D eigenvalue weighted by Crippen LogP contribution is 2.19. The number of amides is 2. The molecule has 1 aromatic heterocycles. The average Bonchev–Trinajstić information content (AvgIpc) is 3.00. The molecular formula is C16H20FN3OS. The fourth-order valence-corrected chi connectivity index (χ4v) is 2.81. The SMILES string of the molecule is CN(C)[C@H](CNC(=O)NCc1ccc(F)cc1)c1ccsc1. The number of hydrogen-bond acceptors (Lipinski definition) is 3. The van der Waals surface area contributed by atoms with E-state index < -0.39 is 0 Å². The van der Waals surface area contributed by atoms with E-state index in [4.69, 9.17) is 0 Å². The van der Waals surface area contributed by atoms with E-state index in [-0.39, 0.29) is 17.9 Å². The lowest BCUT2D eigenvalue weighted by Crippen LogP contribution is -2.40. The van der Waals surface area contributed by atoms with E-state index >= 15 is 0 Å². The second-order valence-electron chi connectivity index (χ2n) is 5.23. The van der Waals surface area contributed by atoms with Crippen LogP contribution >= 0.6 is 11.3 Å². The molecule has 0 saturated heterocycles. The van der Waals surface area contributed by atoms with Gasteiger partial charge in [0.25, 0.3) is 0 Å². The van der Waals surface area contributed by atoms with Crippen LogP contribution in [0.3, 0.4) is 0 Å². The largest absolute Gasteiger partial charge is 0.336 e. The maximum Gasteiger partial charge on any atom is 0.315 e. The van der Waals surface area contributed by atoms with E-state index in [0.717, 1.165) is 5.56 Å². The van der Waals surface area contributed by atoms with Gasteiger partial charge in [0.05, 0.1) is 6.04 Å². The van der Waals surface area contributed by atoms with E-state index in [1.165, 1.54) is 17.7 Å². The van der Waals surface area contributed by atoms with Gasteiger partial charge in [0, 0.05) is 13.1 Å². The van der Waals surface area contributed by atoms with Gasteiger partial charge in [-0.2, -0.15) is 11.3 Å². The van der Waals surface area contributed by atoms with Crippen LogP contribution in [0.1, 0.15) is 17.2 Å². The van der Waals surface area contributed by atoms with Crippen LogP contribution in [0.5, 0.6) is 0 Å². The second-order valence-corrected chi connectivity index (χ2v) is 6.01. The van der Waals surface area contributed by atoms with Crippen molar-refractivity contribution in [1.29, 1.82) is 0 Å². The van der Waals surface area contributed by atoms with Crippen LogP contribution in [-0.2, 0) is 6.54 Å². The van der Waals surface area contributed by atoms with Crippen molar-refractivity contribution in [1.82, 2.24) is 15.5 Å². The van der Waals surface area contributed by atoms with Crippen LogP contribution in [0.15, 0.2) is 41.1 Å². The Morgan fingerprint density at radius 3 is 2.55 bits per heavy atom. The molecule has 4 nitrogen and oxygen atoms in total. The predicted molar refractivity (Wildman–Crippen MR) is 87.4 cm³/mol. The Balaban J connectivity index is 1.80. The second kappa shape index (κ2) is 7.91. The highest BCUT2D eigenvalue weighted by atomic mass is 32.1. The molecule has 0 spiro atoms. The highest BCUT2D eigenvalue weighted by molar-refractivity contribution is 7.07. The van der Waals surface area contributed by atoms with Crippen LogP contribution in [0.4, 0.5) is 9.18 Å². The van der Waals surface area contributed by atoms with Gasteiger partial charge in [-0.05, 0) is 54.2 Å². The minimum atomic E-state index is -0.280. The summed E-state index contributed by atoms with van der Waals surface area (Å²) in [6.07, 6.45) is 0. The summed E-state index contributed by atoms with van der Waals surface area (Å²) in [6, 6.07) is 8.05. The maximum atomic E-state index is 12.8. The van der Waals surface area contributed by atoms with Crippen LogP contribution in [0, 0.1) is 5.82 Å². The summed E-state index contributed by atoms with van der Waals surface area (Å²) in [5.41, 5.74) is 2.05. The first kappa shape index (κ1) is 16.5. The van der Waals surface area contributed by atoms with Crippen molar-refractivity contribution >= 4 is 17.4 Å². The molecule has 0 bridgehead atoms. The molecule has 2 rings (SSSR count). The molecule has 0 aliphatic rings. The number of urea groups is 1. The lowest BCUT2D eigenvalue weighted by molar-refractivity contribution is 0.232. The molecule has 6 heteroatoms. The van der Waals surface area contributed by atoms with Gasteiger partial charge >= 0.3 is 6.03 Å². The number of carbonyl (C=O) groups excluding carboxylic acids is 1. The summed E-state index contributed by atoms with van der Waals surface area (Å²) in [5.74, 6) is -0.280. The average molecular weight is 321 g/mol. The smallest absolute Gasteiger partial charge is 0.315 e. The van der Waals surface area contributed by atoms with Crippen molar-refractivity contribution in [3.63, 3.8) is 0 Å². The molecule has 118 valence electrons. The van der Waals surface area contributed by atoms with Crippen molar-refractivity contribution in [3.05, 3.63) is 58.0 Å². The minimum absolute atomic E-state index is 0.142. The first-order valence-electron chi connectivity index (χ1n) is 7.01. The predicted octanol–water partition coefficient (Wildman–Crippen LogP) is 2.99. The number of thiophene rings is 1. The summed E-state index contributed by atoms with van der Waals surface area (Å²) in [5, 5.41) is 9.76. The van der Waals surface area contributed by atoms with E-state index in [1.807, 2.05) is 19.5 Å². The van der Waals surface area contributed by atoms with Crippen molar-refractivity contribution in [2.45, 2.75) is 12.6 Å². The summed E-state index contributed by atoms with van der Waals surface area (Å²) in [7, 11) is 3.97. The number of carbonyl (C=O) groups is 1. The topological polar surface area (TPSA) is 44.4 Å². The number of rotatable bonds is 6. The third kappa shape index (κ3) is 4.82. The van der Waals surface area contributed by atoms with Gasteiger partial charge in [-0.3, -0.25) is 0 Å². The first-order valence-corrected chi connectivity index (χ1v) is 7.95. The third-order valence-electron chi connectivity index (χ3n) is 3.37. The molecule has 0 aliphatic carbocycles. The zero-order chi connectivity index (χ0) is 15.9. The van der Waals surface area contributed by atoms with Crippen molar-refractivity contribution in [2.75, 3.05) is 20.6 Å². The number of nitrogens with one attached hydrogen (secondary N) is 2. The Labute approximate surface area is 134 Å². The molecular weight excluding hydrogens is 301 g/mol. The molecule has 1 aromatic carbocycles. The van der Waals surface area contributed by atoms with Crippen LogP contribution < -0.4 is 10.6 Å². The minimum Gasteiger partial charge on any atom is -0.336 e. The van der Waals surface area contributed by atoms with Crippen molar-refractivity contribution < 1.29 is 9.18 Å². The van der Waals surface area contributed by atoms with E-state index in [9.17, 15) is 9.18 Å². The van der Waals surface area contributed by atoms with Gasteiger partial charge < -0.3 is 15.5 Å². The first-order chi connectivity index (χ1) is 10.6. The lowest BCUT2D eigenvalue weighted by Gasteiger charge is -2.24. The van der Waals surface area contributed by atoms with Gasteiger partial charge in [-0.25, -0.2) is 9.18 Å². The Morgan fingerprint density at radius 2 is 1.95 bits per heavy atom. The summed E-state index contributed by atoms with van der Waals surface area (Å²) in [6.45, 7) is 0.899. The van der Waals surface area contributed by atoms with E-state index in [2.05, 4.69) is 27.0 Å². The van der Waals surface area contributed by atoms with Crippen LogP contribution in [-0.4, -0.2) is 31.6 Å².